The topological polar surface area (TPSA) is 48.1 Å². The molecule has 2 rings (SSSR count). The van der Waals surface area contributed by atoms with Gasteiger partial charge >= 0.3 is 0 Å². The van der Waals surface area contributed by atoms with Gasteiger partial charge in [-0.3, -0.25) is 4.98 Å². The average molecular weight is 200 g/mol. The number of anilines is 1. The van der Waals surface area contributed by atoms with Crippen LogP contribution in [-0.2, 0) is 0 Å². The molecule has 1 aromatic carbocycles. The Bertz CT molecular complexity index is 451. The first-order chi connectivity index (χ1) is 7.29. The number of rotatable bonds is 2. The zero-order chi connectivity index (χ0) is 10.7. The van der Waals surface area contributed by atoms with E-state index >= 15 is 0 Å². The third-order valence-corrected chi connectivity index (χ3v) is 2.15. The molecule has 0 saturated carbocycles. The molecule has 1 heterocycles. The zero-order valence-electron chi connectivity index (χ0n) is 8.47. The van der Waals surface area contributed by atoms with E-state index in [1.807, 2.05) is 36.4 Å². The predicted octanol–water partition coefficient (Wildman–Crippen LogP) is 2.34. The molecule has 0 aliphatic heterocycles. The van der Waals surface area contributed by atoms with E-state index in [1.54, 1.807) is 13.3 Å². The van der Waals surface area contributed by atoms with Crippen LogP contribution in [0.5, 0.6) is 5.75 Å². The molecule has 2 N–H and O–H groups in total. The van der Waals surface area contributed by atoms with Crippen molar-refractivity contribution in [3.05, 3.63) is 42.6 Å². The highest BCUT2D eigenvalue weighted by atomic mass is 16.5. The second-order valence-corrected chi connectivity index (χ2v) is 3.21. The lowest BCUT2D eigenvalue weighted by atomic mass is 10.1. The van der Waals surface area contributed by atoms with Crippen molar-refractivity contribution in [1.29, 1.82) is 0 Å². The maximum absolute atomic E-state index is 5.70. The molecule has 0 spiro atoms. The fraction of sp³-hybridized carbons (Fsp3) is 0.0833. The minimum absolute atomic E-state index is 0.741. The van der Waals surface area contributed by atoms with Crippen LogP contribution in [0, 0.1) is 0 Å². The number of methoxy groups -OCH3 is 1. The quantitative estimate of drug-likeness (QED) is 0.757. The molecule has 0 atom stereocenters. The highest BCUT2D eigenvalue weighted by Gasteiger charge is 1.99. The van der Waals surface area contributed by atoms with E-state index in [2.05, 4.69) is 4.98 Å². The highest BCUT2D eigenvalue weighted by Crippen LogP contribution is 2.20. The van der Waals surface area contributed by atoms with Crippen molar-refractivity contribution in [2.75, 3.05) is 12.8 Å². The second-order valence-electron chi connectivity index (χ2n) is 3.21. The van der Waals surface area contributed by atoms with Gasteiger partial charge in [-0.25, -0.2) is 0 Å². The molecule has 0 aliphatic rings. The summed E-state index contributed by atoms with van der Waals surface area (Å²) in [4.78, 5) is 4.28. The minimum atomic E-state index is 0.741. The van der Waals surface area contributed by atoms with Crippen molar-refractivity contribution in [3.63, 3.8) is 0 Å². The summed E-state index contributed by atoms with van der Waals surface area (Å²) in [5, 5.41) is 0. The first kappa shape index (κ1) is 9.52. The molecule has 3 heteroatoms. The Labute approximate surface area is 88.5 Å². The number of ether oxygens (including phenoxy) is 1. The Morgan fingerprint density at radius 3 is 2.67 bits per heavy atom. The van der Waals surface area contributed by atoms with Crippen molar-refractivity contribution in [2.24, 2.45) is 0 Å². The SMILES string of the molecule is COc1ccc(-c2cccc(N)c2)nc1. The van der Waals surface area contributed by atoms with Gasteiger partial charge in [0.2, 0.25) is 0 Å². The predicted molar refractivity (Wildman–Crippen MR) is 60.6 cm³/mol. The second kappa shape index (κ2) is 4.00. The molecule has 2 aromatic rings. The molecular weight excluding hydrogens is 188 g/mol. The number of benzene rings is 1. The van der Waals surface area contributed by atoms with Gasteiger partial charge < -0.3 is 10.5 Å². The normalized spacial score (nSPS) is 9.93. The smallest absolute Gasteiger partial charge is 0.137 e. The largest absolute Gasteiger partial charge is 0.495 e. The number of nitrogen functional groups attached to an aromatic ring is 1. The minimum Gasteiger partial charge on any atom is -0.495 e. The van der Waals surface area contributed by atoms with Crippen molar-refractivity contribution < 1.29 is 4.74 Å². The molecule has 1 aromatic heterocycles. The standard InChI is InChI=1S/C12H12N2O/c1-15-11-5-6-12(14-8-11)9-3-2-4-10(13)7-9/h2-8H,13H2,1H3. The average Bonchev–Trinajstić information content (AvgIpc) is 2.29. The maximum Gasteiger partial charge on any atom is 0.137 e. The summed E-state index contributed by atoms with van der Waals surface area (Å²) in [6.07, 6.45) is 1.69. The summed E-state index contributed by atoms with van der Waals surface area (Å²) in [5.41, 5.74) is 8.34. The van der Waals surface area contributed by atoms with E-state index in [1.165, 1.54) is 0 Å². The molecule has 0 aliphatic carbocycles. The van der Waals surface area contributed by atoms with E-state index in [9.17, 15) is 0 Å². The summed E-state index contributed by atoms with van der Waals surface area (Å²) < 4.78 is 5.04. The number of hydrogen-bond acceptors (Lipinski definition) is 3. The lowest BCUT2D eigenvalue weighted by Gasteiger charge is -2.03. The van der Waals surface area contributed by atoms with Gasteiger partial charge in [0.25, 0.3) is 0 Å². The van der Waals surface area contributed by atoms with Gasteiger partial charge in [0.05, 0.1) is 19.0 Å². The van der Waals surface area contributed by atoms with Gasteiger partial charge in [-0.05, 0) is 24.3 Å². The van der Waals surface area contributed by atoms with Crippen LogP contribution in [0.15, 0.2) is 42.6 Å². The van der Waals surface area contributed by atoms with Gasteiger partial charge in [-0.2, -0.15) is 0 Å². The van der Waals surface area contributed by atoms with Crippen molar-refractivity contribution in [2.45, 2.75) is 0 Å². The van der Waals surface area contributed by atoms with Crippen molar-refractivity contribution in [3.8, 4) is 17.0 Å². The van der Waals surface area contributed by atoms with Crippen molar-refractivity contribution >= 4 is 5.69 Å². The molecule has 0 bridgehead atoms. The van der Waals surface area contributed by atoms with Crippen LogP contribution in [-0.4, -0.2) is 12.1 Å². The van der Waals surface area contributed by atoms with Gasteiger partial charge in [0.1, 0.15) is 5.75 Å². The molecular formula is C12H12N2O. The number of aromatic nitrogens is 1. The summed E-state index contributed by atoms with van der Waals surface area (Å²) >= 11 is 0. The van der Waals surface area contributed by atoms with Crippen LogP contribution in [0.3, 0.4) is 0 Å². The molecule has 0 saturated heterocycles. The van der Waals surface area contributed by atoms with Crippen LogP contribution >= 0.6 is 0 Å². The fourth-order valence-electron chi connectivity index (χ4n) is 1.37. The van der Waals surface area contributed by atoms with Crippen LogP contribution in [0.4, 0.5) is 5.69 Å². The molecule has 0 fully saturated rings. The molecule has 15 heavy (non-hydrogen) atoms. The Kier molecular flexibility index (Phi) is 2.54. The van der Waals surface area contributed by atoms with Gasteiger partial charge in [0.15, 0.2) is 0 Å². The third kappa shape index (κ3) is 2.07. The van der Waals surface area contributed by atoms with E-state index in [4.69, 9.17) is 10.5 Å². The van der Waals surface area contributed by atoms with Crippen LogP contribution in [0.25, 0.3) is 11.3 Å². The summed E-state index contributed by atoms with van der Waals surface area (Å²) in [6.45, 7) is 0. The molecule has 76 valence electrons. The lowest BCUT2D eigenvalue weighted by Crippen LogP contribution is -1.88. The molecule has 0 amide bonds. The molecule has 0 radical (unpaired) electrons. The Balaban J connectivity index is 2.37. The number of nitrogens with zero attached hydrogens (tertiary/aromatic N) is 1. The summed E-state index contributed by atoms with van der Waals surface area (Å²) in [7, 11) is 1.62. The monoisotopic (exact) mass is 200 g/mol. The van der Waals surface area contributed by atoms with Gasteiger partial charge in [0, 0.05) is 11.3 Å². The number of pyridine rings is 1. The fourth-order valence-corrected chi connectivity index (χ4v) is 1.37. The van der Waals surface area contributed by atoms with E-state index in [0.29, 0.717) is 0 Å². The van der Waals surface area contributed by atoms with Crippen LogP contribution < -0.4 is 10.5 Å². The Hall–Kier alpha value is -2.03. The van der Waals surface area contributed by atoms with Crippen LogP contribution in [0.2, 0.25) is 0 Å². The number of hydrogen-bond donors (Lipinski definition) is 1. The van der Waals surface area contributed by atoms with E-state index < -0.39 is 0 Å². The Morgan fingerprint density at radius 2 is 2.07 bits per heavy atom. The van der Waals surface area contributed by atoms with Crippen LogP contribution in [0.1, 0.15) is 0 Å². The zero-order valence-corrected chi connectivity index (χ0v) is 8.47. The maximum atomic E-state index is 5.70. The molecule has 0 unspecified atom stereocenters. The van der Waals surface area contributed by atoms with Gasteiger partial charge in [-0.1, -0.05) is 12.1 Å². The number of nitrogens with two attached hydrogens (primary N) is 1. The Morgan fingerprint density at radius 1 is 1.20 bits per heavy atom. The first-order valence-electron chi connectivity index (χ1n) is 4.65. The van der Waals surface area contributed by atoms with Gasteiger partial charge in [-0.15, -0.1) is 0 Å². The lowest BCUT2D eigenvalue weighted by molar-refractivity contribution is 0.413. The molecule has 3 nitrogen and oxygen atoms in total. The summed E-state index contributed by atoms with van der Waals surface area (Å²) in [6, 6.07) is 11.4. The first-order valence-corrected chi connectivity index (χ1v) is 4.65. The van der Waals surface area contributed by atoms with Crippen molar-refractivity contribution in [1.82, 2.24) is 4.98 Å². The highest BCUT2D eigenvalue weighted by molar-refractivity contribution is 5.64. The third-order valence-electron chi connectivity index (χ3n) is 2.15. The van der Waals surface area contributed by atoms with E-state index in [-0.39, 0.29) is 0 Å². The summed E-state index contributed by atoms with van der Waals surface area (Å²) in [5.74, 6) is 0.752. The van der Waals surface area contributed by atoms with E-state index in [0.717, 1.165) is 22.7 Å².